The zero-order valence-electron chi connectivity index (χ0n) is 18.0. The van der Waals surface area contributed by atoms with E-state index in [1.165, 1.54) is 0 Å². The molecule has 2 aromatic carbocycles. The second-order valence-corrected chi connectivity index (χ2v) is 8.14. The van der Waals surface area contributed by atoms with Crippen molar-refractivity contribution >= 4 is 23.2 Å². The van der Waals surface area contributed by atoms with Crippen molar-refractivity contribution in [3.8, 4) is 11.4 Å². The van der Waals surface area contributed by atoms with Gasteiger partial charge < -0.3 is 14.2 Å². The minimum absolute atomic E-state index is 0.0990. The number of hydrogen-bond donors (Lipinski definition) is 0. The van der Waals surface area contributed by atoms with Crippen molar-refractivity contribution in [1.82, 2.24) is 15.0 Å². The van der Waals surface area contributed by atoms with Crippen molar-refractivity contribution in [3.63, 3.8) is 0 Å². The minimum atomic E-state index is 0.0990. The summed E-state index contributed by atoms with van der Waals surface area (Å²) in [5.74, 6) is 1.16. The number of carbonyl (C=O) groups is 1. The number of hydrogen-bond acceptors (Lipinski definition) is 6. The number of benzene rings is 2. The summed E-state index contributed by atoms with van der Waals surface area (Å²) >= 11 is 5.93. The highest BCUT2D eigenvalue weighted by molar-refractivity contribution is 6.30. The van der Waals surface area contributed by atoms with Gasteiger partial charge in [0.05, 0.1) is 13.2 Å². The van der Waals surface area contributed by atoms with Crippen molar-refractivity contribution in [1.29, 1.82) is 0 Å². The molecule has 7 nitrogen and oxygen atoms in total. The van der Waals surface area contributed by atoms with Gasteiger partial charge in [-0.25, -0.2) is 0 Å². The molecule has 0 unspecified atom stereocenters. The zero-order valence-corrected chi connectivity index (χ0v) is 18.7. The number of nitrogens with zero attached hydrogens (tertiary/aromatic N) is 4. The van der Waals surface area contributed by atoms with E-state index in [0.717, 1.165) is 44.1 Å². The zero-order chi connectivity index (χ0) is 22.2. The summed E-state index contributed by atoms with van der Waals surface area (Å²) in [5, 5.41) is 4.70. The average Bonchev–Trinajstić information content (AvgIpc) is 3.30. The van der Waals surface area contributed by atoms with Gasteiger partial charge in [0.1, 0.15) is 0 Å². The number of amides is 1. The highest BCUT2D eigenvalue weighted by Gasteiger charge is 2.18. The molecular weight excluding hydrogens is 428 g/mol. The Balaban J connectivity index is 1.32. The molecule has 168 valence electrons. The molecule has 1 saturated heterocycles. The molecule has 4 rings (SSSR count). The van der Waals surface area contributed by atoms with Gasteiger partial charge in [-0.05, 0) is 42.8 Å². The monoisotopic (exact) mass is 454 g/mol. The Labute approximate surface area is 192 Å². The molecule has 8 heteroatoms. The summed E-state index contributed by atoms with van der Waals surface area (Å²) in [6.07, 6.45) is 1.61. The molecule has 0 N–H and O–H groups in total. The SMILES string of the molecule is O=C(CCCc1nc(-c2ccc(Cl)cc2)no1)N(CCN1CCOCC1)c1ccccc1. The standard InChI is InChI=1S/C24H27ClN4O3/c25-20-11-9-19(10-12-20)24-26-22(32-27-24)7-4-8-23(30)29(21-5-2-1-3-6-21)14-13-28-15-17-31-18-16-28/h1-3,5-6,9-12H,4,7-8,13-18H2. The number of aromatic nitrogens is 2. The van der Waals surface area contributed by atoms with E-state index < -0.39 is 0 Å². The van der Waals surface area contributed by atoms with Crippen LogP contribution in [0.25, 0.3) is 11.4 Å². The van der Waals surface area contributed by atoms with Crippen LogP contribution in [-0.2, 0) is 16.0 Å². The lowest BCUT2D eigenvalue weighted by Gasteiger charge is -2.30. The number of ether oxygens (including phenoxy) is 1. The van der Waals surface area contributed by atoms with Gasteiger partial charge in [0.2, 0.25) is 17.6 Å². The molecule has 1 amide bonds. The van der Waals surface area contributed by atoms with Crippen LogP contribution in [0.4, 0.5) is 5.69 Å². The predicted molar refractivity (Wildman–Crippen MR) is 124 cm³/mol. The van der Waals surface area contributed by atoms with E-state index in [0.29, 0.717) is 42.5 Å². The number of carbonyl (C=O) groups excluding carboxylic acids is 1. The number of rotatable bonds is 9. The average molecular weight is 455 g/mol. The summed E-state index contributed by atoms with van der Waals surface area (Å²) in [5.41, 5.74) is 1.77. The van der Waals surface area contributed by atoms with Crippen LogP contribution < -0.4 is 4.90 Å². The maximum Gasteiger partial charge on any atom is 0.227 e. The molecule has 32 heavy (non-hydrogen) atoms. The second-order valence-electron chi connectivity index (χ2n) is 7.71. The lowest BCUT2D eigenvalue weighted by Crippen LogP contribution is -2.43. The van der Waals surface area contributed by atoms with Crippen molar-refractivity contribution in [2.24, 2.45) is 0 Å². The normalized spacial score (nSPS) is 14.4. The third-order valence-corrected chi connectivity index (χ3v) is 5.72. The van der Waals surface area contributed by atoms with E-state index in [1.54, 1.807) is 12.1 Å². The van der Waals surface area contributed by atoms with Gasteiger partial charge in [0.25, 0.3) is 0 Å². The molecule has 1 fully saturated rings. The second kappa shape index (κ2) is 11.2. The number of aryl methyl sites for hydroxylation is 1. The minimum Gasteiger partial charge on any atom is -0.379 e. The van der Waals surface area contributed by atoms with E-state index in [4.69, 9.17) is 20.9 Å². The van der Waals surface area contributed by atoms with E-state index in [-0.39, 0.29) is 5.91 Å². The molecule has 1 aliphatic heterocycles. The van der Waals surface area contributed by atoms with Gasteiger partial charge in [-0.2, -0.15) is 4.98 Å². The van der Waals surface area contributed by atoms with Crippen LogP contribution in [-0.4, -0.2) is 60.3 Å². The predicted octanol–water partition coefficient (Wildman–Crippen LogP) is 4.08. The summed E-state index contributed by atoms with van der Waals surface area (Å²) in [7, 11) is 0. The van der Waals surface area contributed by atoms with Crippen molar-refractivity contribution in [2.45, 2.75) is 19.3 Å². The van der Waals surface area contributed by atoms with Gasteiger partial charge >= 0.3 is 0 Å². The largest absolute Gasteiger partial charge is 0.379 e. The summed E-state index contributed by atoms with van der Waals surface area (Å²) in [6, 6.07) is 17.1. The lowest BCUT2D eigenvalue weighted by atomic mass is 10.2. The number of para-hydroxylation sites is 1. The quantitative estimate of drug-likeness (QED) is 0.485. The van der Waals surface area contributed by atoms with Gasteiger partial charge in [-0.3, -0.25) is 9.69 Å². The van der Waals surface area contributed by atoms with Crippen molar-refractivity contribution in [3.05, 3.63) is 65.5 Å². The molecule has 0 saturated carbocycles. The van der Waals surface area contributed by atoms with E-state index in [2.05, 4.69) is 15.0 Å². The summed E-state index contributed by atoms with van der Waals surface area (Å²) in [4.78, 5) is 21.7. The van der Waals surface area contributed by atoms with Crippen LogP contribution in [0.5, 0.6) is 0 Å². The number of halogens is 1. The smallest absolute Gasteiger partial charge is 0.227 e. The van der Waals surface area contributed by atoms with E-state index in [9.17, 15) is 4.79 Å². The Bertz CT molecular complexity index is 988. The molecule has 0 bridgehead atoms. The molecule has 0 aliphatic carbocycles. The third-order valence-electron chi connectivity index (χ3n) is 5.46. The molecule has 2 heterocycles. The Morgan fingerprint density at radius 1 is 1.06 bits per heavy atom. The molecule has 1 aliphatic rings. The Morgan fingerprint density at radius 3 is 2.56 bits per heavy atom. The summed E-state index contributed by atoms with van der Waals surface area (Å²) in [6.45, 7) is 4.80. The fourth-order valence-electron chi connectivity index (χ4n) is 3.67. The maximum atomic E-state index is 13.1. The van der Waals surface area contributed by atoms with Crippen molar-refractivity contribution < 1.29 is 14.1 Å². The van der Waals surface area contributed by atoms with Gasteiger partial charge in [-0.15, -0.1) is 0 Å². The topological polar surface area (TPSA) is 71.7 Å². The van der Waals surface area contributed by atoms with Gasteiger partial charge in [-0.1, -0.05) is 35.0 Å². The van der Waals surface area contributed by atoms with Crippen LogP contribution in [0.3, 0.4) is 0 Å². The lowest BCUT2D eigenvalue weighted by molar-refractivity contribution is -0.118. The van der Waals surface area contributed by atoms with Crippen LogP contribution in [0, 0.1) is 0 Å². The van der Waals surface area contributed by atoms with Crippen LogP contribution in [0.15, 0.2) is 59.1 Å². The molecule has 0 spiro atoms. The van der Waals surface area contributed by atoms with E-state index in [1.807, 2.05) is 47.4 Å². The van der Waals surface area contributed by atoms with Crippen LogP contribution >= 0.6 is 11.6 Å². The highest BCUT2D eigenvalue weighted by Crippen LogP contribution is 2.20. The Hall–Kier alpha value is -2.74. The third kappa shape index (κ3) is 6.16. The number of morpholine rings is 1. The van der Waals surface area contributed by atoms with Gasteiger partial charge in [0, 0.05) is 55.3 Å². The fourth-order valence-corrected chi connectivity index (χ4v) is 3.80. The fraction of sp³-hybridized carbons (Fsp3) is 0.375. The molecular formula is C24H27ClN4O3. The van der Waals surface area contributed by atoms with E-state index >= 15 is 0 Å². The molecule has 1 aromatic heterocycles. The maximum absolute atomic E-state index is 13.1. The first-order chi connectivity index (χ1) is 15.7. The first-order valence-corrected chi connectivity index (χ1v) is 11.3. The molecule has 3 aromatic rings. The number of anilines is 1. The highest BCUT2D eigenvalue weighted by atomic mass is 35.5. The molecule has 0 radical (unpaired) electrons. The molecule has 0 atom stereocenters. The Kier molecular flexibility index (Phi) is 7.87. The first kappa shape index (κ1) is 22.5. The Morgan fingerprint density at radius 2 is 1.81 bits per heavy atom. The first-order valence-electron chi connectivity index (χ1n) is 10.9. The van der Waals surface area contributed by atoms with Crippen molar-refractivity contribution in [2.75, 3.05) is 44.3 Å². The van der Waals surface area contributed by atoms with Gasteiger partial charge in [0.15, 0.2) is 0 Å². The van der Waals surface area contributed by atoms with Crippen LogP contribution in [0.2, 0.25) is 5.02 Å². The van der Waals surface area contributed by atoms with Crippen LogP contribution in [0.1, 0.15) is 18.7 Å². The summed E-state index contributed by atoms with van der Waals surface area (Å²) < 4.78 is 10.8.